The zero-order valence-corrected chi connectivity index (χ0v) is 10.8. The second kappa shape index (κ2) is 4.45. The highest BCUT2D eigenvalue weighted by molar-refractivity contribution is 6.34. The van der Waals surface area contributed by atoms with E-state index in [1.165, 1.54) is 6.07 Å². The maximum absolute atomic E-state index is 12.9. The average Bonchev–Trinajstić information content (AvgIpc) is 2.85. The Morgan fingerprint density at radius 1 is 1.33 bits per heavy atom. The number of hydrogen-bond donors (Lipinski definition) is 1. The molecule has 1 aromatic carbocycles. The number of alkyl halides is 3. The number of aliphatic carboxylic acids is 1. The highest BCUT2D eigenvalue weighted by Crippen LogP contribution is 2.49. The Morgan fingerprint density at radius 2 is 2.05 bits per heavy atom. The Morgan fingerprint density at radius 3 is 2.67 bits per heavy atom. The minimum absolute atomic E-state index is 0.0128. The number of carbonyl (C=O) groups is 1. The van der Waals surface area contributed by atoms with Crippen molar-refractivity contribution in [2.45, 2.75) is 12.3 Å². The second-order valence-electron chi connectivity index (χ2n) is 4.28. The first-order valence-corrected chi connectivity index (χ1v) is 5.97. The lowest BCUT2D eigenvalue weighted by molar-refractivity contribution is -0.187. The van der Waals surface area contributed by atoms with Crippen LogP contribution < -0.4 is 14.2 Å². The number of fused-ring (bicyclic) bond motifs is 2. The molecule has 0 unspecified atom stereocenters. The smallest absolute Gasteiger partial charge is 0.430 e. The van der Waals surface area contributed by atoms with Crippen molar-refractivity contribution in [2.75, 3.05) is 6.79 Å². The number of carboxylic acids is 1. The van der Waals surface area contributed by atoms with Crippen molar-refractivity contribution in [1.29, 1.82) is 0 Å². The maximum atomic E-state index is 12.9. The standard InChI is InChI=1S/C12H6ClF3O5/c13-8-4-1-5(11(17)18)10(12(14,15)16)21-6(4)2-7-9(8)20-3-19-7/h1-2,10H,3H2,(H,17,18)/t10-/m1/s1. The first-order valence-electron chi connectivity index (χ1n) is 5.59. The number of halogens is 4. The molecule has 0 bridgehead atoms. The van der Waals surface area contributed by atoms with Gasteiger partial charge in [0.05, 0.1) is 10.6 Å². The van der Waals surface area contributed by atoms with E-state index in [1.54, 1.807) is 0 Å². The van der Waals surface area contributed by atoms with E-state index in [2.05, 4.69) is 0 Å². The van der Waals surface area contributed by atoms with Crippen molar-refractivity contribution in [3.8, 4) is 17.2 Å². The van der Waals surface area contributed by atoms with E-state index in [0.717, 1.165) is 6.08 Å². The van der Waals surface area contributed by atoms with Crippen LogP contribution in [-0.2, 0) is 4.79 Å². The highest BCUT2D eigenvalue weighted by Gasteiger charge is 2.49. The summed E-state index contributed by atoms with van der Waals surface area (Å²) in [6, 6.07) is 1.19. The third-order valence-corrected chi connectivity index (χ3v) is 3.35. The number of carboxylic acid groups (broad SMARTS) is 1. The molecule has 9 heteroatoms. The van der Waals surface area contributed by atoms with Crippen molar-refractivity contribution in [1.82, 2.24) is 0 Å². The minimum atomic E-state index is -4.87. The van der Waals surface area contributed by atoms with Crippen molar-refractivity contribution in [2.24, 2.45) is 0 Å². The molecule has 0 saturated carbocycles. The first-order chi connectivity index (χ1) is 9.79. The van der Waals surface area contributed by atoms with E-state index < -0.39 is 23.8 Å². The van der Waals surface area contributed by atoms with Crippen LogP contribution >= 0.6 is 11.6 Å². The van der Waals surface area contributed by atoms with Crippen LogP contribution in [0.5, 0.6) is 17.2 Å². The fourth-order valence-corrected chi connectivity index (χ4v) is 2.36. The Labute approximate surface area is 120 Å². The van der Waals surface area contributed by atoms with Gasteiger partial charge in [0.1, 0.15) is 5.75 Å². The van der Waals surface area contributed by atoms with Crippen LogP contribution in [-0.4, -0.2) is 30.1 Å². The molecular formula is C12H6ClF3O5. The van der Waals surface area contributed by atoms with E-state index >= 15 is 0 Å². The van der Waals surface area contributed by atoms with Crippen LogP contribution in [0.1, 0.15) is 5.56 Å². The lowest BCUT2D eigenvalue weighted by Gasteiger charge is -2.27. The predicted octanol–water partition coefficient (Wildman–Crippen LogP) is 2.86. The molecular weight excluding hydrogens is 317 g/mol. The van der Waals surface area contributed by atoms with Crippen LogP contribution in [0, 0.1) is 0 Å². The molecule has 1 aromatic rings. The van der Waals surface area contributed by atoms with Gasteiger partial charge in [-0.3, -0.25) is 0 Å². The summed E-state index contributed by atoms with van der Waals surface area (Å²) in [5, 5.41) is 8.88. The minimum Gasteiger partial charge on any atom is -0.478 e. The molecule has 21 heavy (non-hydrogen) atoms. The molecule has 0 saturated heterocycles. The summed E-state index contributed by atoms with van der Waals surface area (Å²) in [6.45, 7) is -0.129. The SMILES string of the molecule is O=C(O)C1=Cc2c(cc3c(c2Cl)OCO3)O[C@H]1C(F)(F)F. The molecule has 0 spiro atoms. The van der Waals surface area contributed by atoms with Gasteiger partial charge in [0.15, 0.2) is 11.5 Å². The molecule has 0 fully saturated rings. The number of ether oxygens (including phenoxy) is 3. The van der Waals surface area contributed by atoms with E-state index in [9.17, 15) is 18.0 Å². The molecule has 0 aliphatic carbocycles. The quantitative estimate of drug-likeness (QED) is 0.861. The first kappa shape index (κ1) is 13.9. The Kier molecular flexibility index (Phi) is 2.94. The predicted molar refractivity (Wildman–Crippen MR) is 63.7 cm³/mol. The van der Waals surface area contributed by atoms with Crippen molar-refractivity contribution >= 4 is 23.6 Å². The van der Waals surface area contributed by atoms with Crippen LogP contribution in [0.2, 0.25) is 5.02 Å². The van der Waals surface area contributed by atoms with Gasteiger partial charge in [0.2, 0.25) is 12.9 Å². The summed E-state index contributed by atoms with van der Waals surface area (Å²) >= 11 is 6.00. The summed E-state index contributed by atoms with van der Waals surface area (Å²) in [5.41, 5.74) is -0.936. The average molecular weight is 323 g/mol. The summed E-state index contributed by atoms with van der Waals surface area (Å²) in [6.07, 6.45) is -6.60. The van der Waals surface area contributed by atoms with E-state index in [4.69, 9.17) is 30.9 Å². The number of benzene rings is 1. The van der Waals surface area contributed by atoms with Gasteiger partial charge in [0.25, 0.3) is 0 Å². The molecule has 2 aliphatic heterocycles. The van der Waals surface area contributed by atoms with Crippen LogP contribution in [0.25, 0.3) is 6.08 Å². The normalized spacial score (nSPS) is 19.6. The lowest BCUT2D eigenvalue weighted by atomic mass is 10.0. The van der Waals surface area contributed by atoms with Gasteiger partial charge >= 0.3 is 12.1 Å². The fourth-order valence-electron chi connectivity index (χ4n) is 2.07. The molecule has 3 rings (SSSR count). The van der Waals surface area contributed by atoms with Crippen LogP contribution in [0.3, 0.4) is 0 Å². The van der Waals surface area contributed by atoms with Crippen molar-refractivity contribution in [3.05, 3.63) is 22.2 Å². The third-order valence-electron chi connectivity index (χ3n) is 2.98. The highest BCUT2D eigenvalue weighted by atomic mass is 35.5. The zero-order valence-electron chi connectivity index (χ0n) is 10.0. The molecule has 5 nitrogen and oxygen atoms in total. The van der Waals surface area contributed by atoms with Gasteiger partial charge in [-0.2, -0.15) is 13.2 Å². The van der Waals surface area contributed by atoms with Gasteiger partial charge in [-0.05, 0) is 6.08 Å². The zero-order chi connectivity index (χ0) is 15.4. The molecule has 0 aromatic heterocycles. The van der Waals surface area contributed by atoms with Gasteiger partial charge in [-0.15, -0.1) is 0 Å². The molecule has 0 amide bonds. The molecule has 0 radical (unpaired) electrons. The third kappa shape index (κ3) is 2.15. The van der Waals surface area contributed by atoms with Crippen LogP contribution in [0.4, 0.5) is 13.2 Å². The van der Waals surface area contributed by atoms with Crippen molar-refractivity contribution < 1.29 is 37.3 Å². The molecule has 2 heterocycles. The van der Waals surface area contributed by atoms with Crippen molar-refractivity contribution in [3.63, 3.8) is 0 Å². The van der Waals surface area contributed by atoms with Crippen LogP contribution in [0.15, 0.2) is 11.6 Å². The number of rotatable bonds is 1. The second-order valence-corrected chi connectivity index (χ2v) is 4.66. The Balaban J connectivity index is 2.18. The molecule has 1 N–H and O–H groups in total. The largest absolute Gasteiger partial charge is 0.478 e. The van der Waals surface area contributed by atoms with Gasteiger partial charge in [-0.25, -0.2) is 4.79 Å². The van der Waals surface area contributed by atoms with Gasteiger partial charge < -0.3 is 19.3 Å². The Bertz CT molecular complexity index is 668. The lowest BCUT2D eigenvalue weighted by Crippen LogP contribution is -2.40. The van der Waals surface area contributed by atoms with E-state index in [0.29, 0.717) is 0 Å². The molecule has 1 atom stereocenters. The molecule has 2 aliphatic rings. The van der Waals surface area contributed by atoms with Gasteiger partial charge in [-0.1, -0.05) is 11.6 Å². The summed E-state index contributed by atoms with van der Waals surface area (Å²) in [4.78, 5) is 11.0. The summed E-state index contributed by atoms with van der Waals surface area (Å²) in [7, 11) is 0. The van der Waals surface area contributed by atoms with E-state index in [-0.39, 0.29) is 34.6 Å². The number of hydrogen-bond acceptors (Lipinski definition) is 4. The monoisotopic (exact) mass is 322 g/mol. The fraction of sp³-hybridized carbons (Fsp3) is 0.250. The maximum Gasteiger partial charge on any atom is 0.430 e. The van der Waals surface area contributed by atoms with Gasteiger partial charge in [0, 0.05) is 11.6 Å². The van der Waals surface area contributed by atoms with E-state index in [1.807, 2.05) is 0 Å². The Hall–Kier alpha value is -2.09. The summed E-state index contributed by atoms with van der Waals surface area (Å²) in [5.74, 6) is -1.66. The summed E-state index contributed by atoms with van der Waals surface area (Å²) < 4.78 is 53.6. The topological polar surface area (TPSA) is 65.0 Å². The molecule has 112 valence electrons.